The molecule has 0 bridgehead atoms. The van der Waals surface area contributed by atoms with Crippen molar-refractivity contribution in [3.63, 3.8) is 0 Å². The van der Waals surface area contributed by atoms with Crippen molar-refractivity contribution in [1.82, 2.24) is 9.38 Å². The van der Waals surface area contributed by atoms with Crippen molar-refractivity contribution in [1.29, 1.82) is 0 Å². The summed E-state index contributed by atoms with van der Waals surface area (Å²) in [7, 11) is 1.93. The molecular formula is C12H17N3. The maximum absolute atomic E-state index is 4.47. The van der Waals surface area contributed by atoms with Gasteiger partial charge in [-0.05, 0) is 18.1 Å². The van der Waals surface area contributed by atoms with Crippen molar-refractivity contribution < 1.29 is 0 Å². The van der Waals surface area contributed by atoms with Crippen LogP contribution in [-0.2, 0) is 6.42 Å². The molecule has 0 saturated heterocycles. The number of pyridine rings is 1. The third-order valence-electron chi connectivity index (χ3n) is 2.51. The number of hydrogen-bond donors (Lipinski definition) is 1. The number of aromatic nitrogens is 2. The molecule has 0 fully saturated rings. The Bertz CT molecular complexity index is 457. The Labute approximate surface area is 90.1 Å². The lowest BCUT2D eigenvalue weighted by molar-refractivity contribution is 0.619. The van der Waals surface area contributed by atoms with E-state index in [1.165, 1.54) is 0 Å². The summed E-state index contributed by atoms with van der Waals surface area (Å²) in [6.07, 6.45) is 5.02. The van der Waals surface area contributed by atoms with Gasteiger partial charge in [0.2, 0.25) is 0 Å². The minimum Gasteiger partial charge on any atom is -0.386 e. The molecule has 0 aliphatic rings. The molecule has 3 heteroatoms. The van der Waals surface area contributed by atoms with Crippen LogP contribution < -0.4 is 5.32 Å². The summed E-state index contributed by atoms with van der Waals surface area (Å²) in [5, 5.41) is 3.18. The summed E-state index contributed by atoms with van der Waals surface area (Å²) in [4.78, 5) is 4.47. The van der Waals surface area contributed by atoms with Gasteiger partial charge >= 0.3 is 0 Å². The van der Waals surface area contributed by atoms with Crippen LogP contribution in [0.1, 0.15) is 19.7 Å². The molecule has 2 heterocycles. The van der Waals surface area contributed by atoms with Crippen LogP contribution in [-0.4, -0.2) is 16.4 Å². The topological polar surface area (TPSA) is 29.3 Å². The van der Waals surface area contributed by atoms with Crippen molar-refractivity contribution in [3.05, 3.63) is 30.4 Å². The van der Waals surface area contributed by atoms with E-state index < -0.39 is 0 Å². The highest BCUT2D eigenvalue weighted by Crippen LogP contribution is 2.18. The third kappa shape index (κ3) is 1.82. The van der Waals surface area contributed by atoms with Gasteiger partial charge in [-0.1, -0.05) is 13.8 Å². The van der Waals surface area contributed by atoms with Gasteiger partial charge < -0.3 is 9.72 Å². The average molecular weight is 203 g/mol. The lowest BCUT2D eigenvalue weighted by Gasteiger charge is -2.06. The predicted octanol–water partition coefficient (Wildman–Crippen LogP) is 2.57. The molecule has 2 rings (SSSR count). The molecule has 0 radical (unpaired) electrons. The minimum atomic E-state index is 0.633. The van der Waals surface area contributed by atoms with Gasteiger partial charge in [-0.25, -0.2) is 4.98 Å². The van der Waals surface area contributed by atoms with Gasteiger partial charge in [-0.2, -0.15) is 0 Å². The average Bonchev–Trinajstić information content (AvgIpc) is 2.61. The second-order valence-corrected chi connectivity index (χ2v) is 4.20. The molecule has 0 aromatic carbocycles. The zero-order chi connectivity index (χ0) is 10.8. The highest BCUT2D eigenvalue weighted by molar-refractivity contribution is 5.71. The normalized spacial score (nSPS) is 11.2. The van der Waals surface area contributed by atoms with Crippen LogP contribution in [0.2, 0.25) is 0 Å². The Morgan fingerprint density at radius 1 is 1.47 bits per heavy atom. The van der Waals surface area contributed by atoms with Crippen LogP contribution in [0.3, 0.4) is 0 Å². The van der Waals surface area contributed by atoms with Crippen LogP contribution in [0.5, 0.6) is 0 Å². The van der Waals surface area contributed by atoms with Crippen molar-refractivity contribution in [2.45, 2.75) is 20.3 Å². The lowest BCUT2D eigenvalue weighted by Crippen LogP contribution is -2.01. The zero-order valence-corrected chi connectivity index (χ0v) is 9.49. The van der Waals surface area contributed by atoms with E-state index in [0.717, 1.165) is 23.4 Å². The van der Waals surface area contributed by atoms with Crippen molar-refractivity contribution in [2.75, 3.05) is 12.4 Å². The van der Waals surface area contributed by atoms with E-state index in [2.05, 4.69) is 40.8 Å². The number of nitrogens with one attached hydrogen (secondary N) is 1. The van der Waals surface area contributed by atoms with Crippen LogP contribution in [0.4, 0.5) is 5.69 Å². The van der Waals surface area contributed by atoms with Gasteiger partial charge in [0.15, 0.2) is 0 Å². The van der Waals surface area contributed by atoms with E-state index in [1.807, 2.05) is 19.3 Å². The van der Waals surface area contributed by atoms with E-state index in [9.17, 15) is 0 Å². The first-order chi connectivity index (χ1) is 7.22. The van der Waals surface area contributed by atoms with Crippen molar-refractivity contribution in [3.8, 4) is 0 Å². The van der Waals surface area contributed by atoms with Crippen LogP contribution in [0.15, 0.2) is 24.5 Å². The Balaban J connectivity index is 2.51. The summed E-state index contributed by atoms with van der Waals surface area (Å²) in [5.41, 5.74) is 2.27. The predicted molar refractivity (Wildman–Crippen MR) is 63.3 cm³/mol. The van der Waals surface area contributed by atoms with E-state index >= 15 is 0 Å². The van der Waals surface area contributed by atoms with Gasteiger partial charge in [-0.3, -0.25) is 0 Å². The zero-order valence-electron chi connectivity index (χ0n) is 9.49. The van der Waals surface area contributed by atoms with E-state index in [1.54, 1.807) is 0 Å². The Morgan fingerprint density at radius 3 is 2.93 bits per heavy atom. The number of anilines is 1. The number of imidazole rings is 1. The molecule has 0 amide bonds. The van der Waals surface area contributed by atoms with Crippen molar-refractivity contribution >= 4 is 11.2 Å². The summed E-state index contributed by atoms with van der Waals surface area (Å²) in [6.45, 7) is 4.42. The fourth-order valence-electron chi connectivity index (χ4n) is 1.80. The number of hydrogen-bond acceptors (Lipinski definition) is 2. The SMILES string of the molecule is CNc1cccn2c(CC(C)C)ncc12. The maximum Gasteiger partial charge on any atom is 0.113 e. The highest BCUT2D eigenvalue weighted by Gasteiger charge is 2.07. The Kier molecular flexibility index (Phi) is 2.62. The van der Waals surface area contributed by atoms with E-state index in [-0.39, 0.29) is 0 Å². The van der Waals surface area contributed by atoms with E-state index in [0.29, 0.717) is 5.92 Å². The summed E-state index contributed by atoms with van der Waals surface area (Å²) >= 11 is 0. The van der Waals surface area contributed by atoms with Gasteiger partial charge in [-0.15, -0.1) is 0 Å². The molecule has 0 aliphatic heterocycles. The van der Waals surface area contributed by atoms with Crippen LogP contribution in [0.25, 0.3) is 5.52 Å². The molecule has 2 aromatic heterocycles. The molecule has 0 spiro atoms. The first-order valence-corrected chi connectivity index (χ1v) is 5.35. The molecular weight excluding hydrogens is 186 g/mol. The Hall–Kier alpha value is -1.51. The molecule has 0 aliphatic carbocycles. The summed E-state index contributed by atoms with van der Waals surface area (Å²) in [5.74, 6) is 1.77. The number of rotatable bonds is 3. The molecule has 80 valence electrons. The first-order valence-electron chi connectivity index (χ1n) is 5.35. The Morgan fingerprint density at radius 2 is 2.27 bits per heavy atom. The molecule has 0 unspecified atom stereocenters. The summed E-state index contributed by atoms with van der Waals surface area (Å²) in [6, 6.07) is 4.11. The fourth-order valence-corrected chi connectivity index (χ4v) is 1.80. The van der Waals surface area contributed by atoms with Gasteiger partial charge in [0.25, 0.3) is 0 Å². The quantitative estimate of drug-likeness (QED) is 0.830. The van der Waals surface area contributed by atoms with Crippen LogP contribution >= 0.6 is 0 Å². The monoisotopic (exact) mass is 203 g/mol. The molecule has 1 N–H and O–H groups in total. The van der Waals surface area contributed by atoms with Crippen LogP contribution in [0, 0.1) is 5.92 Å². The largest absolute Gasteiger partial charge is 0.386 e. The third-order valence-corrected chi connectivity index (χ3v) is 2.51. The maximum atomic E-state index is 4.47. The van der Waals surface area contributed by atoms with E-state index in [4.69, 9.17) is 0 Å². The minimum absolute atomic E-state index is 0.633. The molecule has 0 saturated carbocycles. The molecule has 2 aromatic rings. The molecule has 3 nitrogen and oxygen atoms in total. The number of nitrogens with zero attached hydrogens (tertiary/aromatic N) is 2. The first kappa shape index (κ1) is 10.0. The van der Waals surface area contributed by atoms with Gasteiger partial charge in [0, 0.05) is 19.7 Å². The second-order valence-electron chi connectivity index (χ2n) is 4.20. The lowest BCUT2D eigenvalue weighted by atomic mass is 10.1. The smallest absolute Gasteiger partial charge is 0.113 e. The molecule has 0 atom stereocenters. The number of fused-ring (bicyclic) bond motifs is 1. The highest BCUT2D eigenvalue weighted by atomic mass is 15.0. The van der Waals surface area contributed by atoms with Gasteiger partial charge in [0.1, 0.15) is 5.82 Å². The standard InChI is InChI=1S/C12H17N3/c1-9(2)7-12-14-8-11-10(13-3)5-4-6-15(11)12/h4-6,8-9,13H,7H2,1-3H3. The fraction of sp³-hybridized carbons (Fsp3) is 0.417. The summed E-state index contributed by atoms with van der Waals surface area (Å²) < 4.78 is 2.16. The molecule has 15 heavy (non-hydrogen) atoms. The van der Waals surface area contributed by atoms with Crippen molar-refractivity contribution in [2.24, 2.45) is 5.92 Å². The second kappa shape index (κ2) is 3.93. The van der Waals surface area contributed by atoms with Gasteiger partial charge in [0.05, 0.1) is 17.4 Å².